The highest BCUT2D eigenvalue weighted by Crippen LogP contribution is 2.19. The standard InChI is InChI=1S/C16H14N4O2S/c21-13-9-5-4-6-11(13)10-14-19-20-15(22-14)18-16(23)17-12-7-2-1-3-8-12/h1-9,21H,10H2,(H2,17,18,20,23). The van der Waals surface area contributed by atoms with E-state index in [1.807, 2.05) is 36.4 Å². The van der Waals surface area contributed by atoms with Crippen molar-refractivity contribution in [2.75, 3.05) is 10.6 Å². The normalized spacial score (nSPS) is 10.3. The number of phenolic OH excluding ortho intramolecular Hbond substituents is 1. The van der Waals surface area contributed by atoms with Gasteiger partial charge in [-0.3, -0.25) is 5.32 Å². The molecular weight excluding hydrogens is 312 g/mol. The fourth-order valence-electron chi connectivity index (χ4n) is 1.98. The molecule has 7 heteroatoms. The summed E-state index contributed by atoms with van der Waals surface area (Å²) < 4.78 is 5.48. The third-order valence-corrected chi connectivity index (χ3v) is 3.26. The number of nitrogens with one attached hydrogen (secondary N) is 2. The first-order valence-electron chi connectivity index (χ1n) is 6.93. The summed E-state index contributed by atoms with van der Waals surface area (Å²) in [5, 5.41) is 23.8. The van der Waals surface area contributed by atoms with Crippen molar-refractivity contribution in [3.05, 3.63) is 66.1 Å². The molecule has 0 fully saturated rings. The molecule has 0 amide bonds. The Kier molecular flexibility index (Phi) is 4.49. The van der Waals surface area contributed by atoms with Gasteiger partial charge in [-0.25, -0.2) is 0 Å². The smallest absolute Gasteiger partial charge is 0.321 e. The van der Waals surface area contributed by atoms with Gasteiger partial charge in [0.25, 0.3) is 0 Å². The molecule has 3 rings (SSSR count). The summed E-state index contributed by atoms with van der Waals surface area (Å²) >= 11 is 5.19. The average Bonchev–Trinajstić information content (AvgIpc) is 2.97. The van der Waals surface area contributed by atoms with E-state index >= 15 is 0 Å². The van der Waals surface area contributed by atoms with Gasteiger partial charge >= 0.3 is 6.01 Å². The maximum atomic E-state index is 9.75. The van der Waals surface area contributed by atoms with Crippen LogP contribution in [0.4, 0.5) is 11.7 Å². The predicted octanol–water partition coefficient (Wildman–Crippen LogP) is 3.17. The highest BCUT2D eigenvalue weighted by molar-refractivity contribution is 7.80. The molecule has 0 saturated heterocycles. The number of nitrogens with zero attached hydrogens (tertiary/aromatic N) is 2. The van der Waals surface area contributed by atoms with Gasteiger partial charge in [0.1, 0.15) is 5.75 Å². The van der Waals surface area contributed by atoms with Crippen LogP contribution in [-0.4, -0.2) is 20.4 Å². The van der Waals surface area contributed by atoms with Crippen molar-refractivity contribution in [3.63, 3.8) is 0 Å². The van der Waals surface area contributed by atoms with Gasteiger partial charge in [0.05, 0.1) is 6.42 Å². The zero-order chi connectivity index (χ0) is 16.1. The van der Waals surface area contributed by atoms with Gasteiger partial charge in [-0.2, -0.15) is 0 Å². The fourth-order valence-corrected chi connectivity index (χ4v) is 2.18. The van der Waals surface area contributed by atoms with Gasteiger partial charge in [-0.15, -0.1) is 5.10 Å². The first-order chi connectivity index (χ1) is 11.2. The van der Waals surface area contributed by atoms with Crippen molar-refractivity contribution in [2.24, 2.45) is 0 Å². The van der Waals surface area contributed by atoms with E-state index in [2.05, 4.69) is 20.8 Å². The number of aromatic nitrogens is 2. The fraction of sp³-hybridized carbons (Fsp3) is 0.0625. The lowest BCUT2D eigenvalue weighted by atomic mass is 10.1. The van der Waals surface area contributed by atoms with E-state index in [4.69, 9.17) is 16.6 Å². The molecule has 0 aliphatic rings. The molecule has 1 aromatic heterocycles. The molecule has 0 spiro atoms. The van der Waals surface area contributed by atoms with E-state index in [1.54, 1.807) is 18.2 Å². The third kappa shape index (κ3) is 4.04. The zero-order valence-corrected chi connectivity index (χ0v) is 12.9. The number of benzene rings is 2. The Morgan fingerprint density at radius 1 is 1.00 bits per heavy atom. The van der Waals surface area contributed by atoms with Crippen molar-refractivity contribution in [2.45, 2.75) is 6.42 Å². The van der Waals surface area contributed by atoms with E-state index in [9.17, 15) is 5.11 Å². The first kappa shape index (κ1) is 15.0. The molecule has 0 bridgehead atoms. The van der Waals surface area contributed by atoms with Gasteiger partial charge in [-0.1, -0.05) is 41.5 Å². The van der Waals surface area contributed by atoms with Gasteiger partial charge in [-0.05, 0) is 30.4 Å². The van der Waals surface area contributed by atoms with Gasteiger partial charge in [0, 0.05) is 11.3 Å². The summed E-state index contributed by atoms with van der Waals surface area (Å²) in [4.78, 5) is 0. The van der Waals surface area contributed by atoms with Crippen molar-refractivity contribution >= 4 is 29.0 Å². The van der Waals surface area contributed by atoms with Crippen LogP contribution < -0.4 is 10.6 Å². The van der Waals surface area contributed by atoms with Crippen LogP contribution in [0.15, 0.2) is 59.0 Å². The maximum absolute atomic E-state index is 9.75. The van der Waals surface area contributed by atoms with Crippen LogP contribution in [0.5, 0.6) is 5.75 Å². The van der Waals surface area contributed by atoms with Crippen LogP contribution in [0, 0.1) is 0 Å². The first-order valence-corrected chi connectivity index (χ1v) is 7.34. The second-order valence-electron chi connectivity index (χ2n) is 4.75. The molecule has 3 N–H and O–H groups in total. The lowest BCUT2D eigenvalue weighted by molar-refractivity contribution is 0.463. The van der Waals surface area contributed by atoms with Gasteiger partial charge in [0.2, 0.25) is 5.89 Å². The van der Waals surface area contributed by atoms with Gasteiger partial charge in [0.15, 0.2) is 5.11 Å². The maximum Gasteiger partial charge on any atom is 0.321 e. The summed E-state index contributed by atoms with van der Waals surface area (Å²) in [6.45, 7) is 0. The molecule has 1 heterocycles. The number of thiocarbonyl (C=S) groups is 1. The van der Waals surface area contributed by atoms with Crippen molar-refractivity contribution in [1.82, 2.24) is 10.2 Å². The van der Waals surface area contributed by atoms with Crippen LogP contribution in [0.1, 0.15) is 11.5 Å². The quantitative estimate of drug-likeness (QED) is 0.635. The van der Waals surface area contributed by atoms with Crippen LogP contribution in [-0.2, 0) is 6.42 Å². The molecule has 116 valence electrons. The number of aromatic hydroxyl groups is 1. The Labute approximate surface area is 138 Å². The number of anilines is 2. The van der Waals surface area contributed by atoms with Crippen molar-refractivity contribution < 1.29 is 9.52 Å². The summed E-state index contributed by atoms with van der Waals surface area (Å²) in [6.07, 6.45) is 0.347. The largest absolute Gasteiger partial charge is 0.508 e. The minimum atomic E-state index is 0.196. The lowest BCUT2D eigenvalue weighted by Crippen LogP contribution is -2.19. The highest BCUT2D eigenvalue weighted by Gasteiger charge is 2.10. The minimum Gasteiger partial charge on any atom is -0.508 e. The number of para-hydroxylation sites is 2. The molecule has 0 radical (unpaired) electrons. The van der Waals surface area contributed by atoms with Crippen molar-refractivity contribution in [1.29, 1.82) is 0 Å². The highest BCUT2D eigenvalue weighted by atomic mass is 32.1. The van der Waals surface area contributed by atoms with E-state index in [0.717, 1.165) is 5.69 Å². The zero-order valence-electron chi connectivity index (χ0n) is 12.1. The number of hydrogen-bond acceptors (Lipinski definition) is 5. The van der Waals surface area contributed by atoms with Crippen LogP contribution >= 0.6 is 12.2 Å². The molecule has 0 saturated carbocycles. The van der Waals surface area contributed by atoms with Crippen molar-refractivity contribution in [3.8, 4) is 5.75 Å². The van der Waals surface area contributed by atoms with E-state index in [0.29, 0.717) is 23.0 Å². The van der Waals surface area contributed by atoms with E-state index < -0.39 is 0 Å². The summed E-state index contributed by atoms with van der Waals surface area (Å²) in [6, 6.07) is 16.7. The Morgan fingerprint density at radius 3 is 2.52 bits per heavy atom. The monoisotopic (exact) mass is 326 g/mol. The van der Waals surface area contributed by atoms with E-state index in [1.165, 1.54) is 0 Å². The Balaban J connectivity index is 1.61. The molecule has 2 aromatic carbocycles. The third-order valence-electron chi connectivity index (χ3n) is 3.05. The van der Waals surface area contributed by atoms with Gasteiger partial charge < -0.3 is 14.8 Å². The molecule has 0 aliphatic heterocycles. The molecule has 0 unspecified atom stereocenters. The number of rotatable bonds is 4. The van der Waals surface area contributed by atoms with E-state index in [-0.39, 0.29) is 11.8 Å². The summed E-state index contributed by atoms with van der Waals surface area (Å²) in [7, 11) is 0. The minimum absolute atomic E-state index is 0.196. The summed E-state index contributed by atoms with van der Waals surface area (Å²) in [5.41, 5.74) is 1.58. The number of hydrogen-bond donors (Lipinski definition) is 3. The molecule has 23 heavy (non-hydrogen) atoms. The Bertz CT molecular complexity index is 805. The molecular formula is C16H14N4O2S. The van der Waals surface area contributed by atoms with Crippen LogP contribution in [0.25, 0.3) is 0 Å². The lowest BCUT2D eigenvalue weighted by Gasteiger charge is -2.06. The van der Waals surface area contributed by atoms with Crippen LogP contribution in [0.2, 0.25) is 0 Å². The number of phenols is 1. The SMILES string of the molecule is Oc1ccccc1Cc1nnc(NC(=S)Nc2ccccc2)o1. The summed E-state index contributed by atoms with van der Waals surface area (Å²) in [5.74, 6) is 0.581. The second kappa shape index (κ2) is 6.89. The second-order valence-corrected chi connectivity index (χ2v) is 5.16. The van der Waals surface area contributed by atoms with Crippen LogP contribution in [0.3, 0.4) is 0 Å². The predicted molar refractivity (Wildman–Crippen MR) is 91.5 cm³/mol. The molecule has 6 nitrogen and oxygen atoms in total. The molecule has 0 aliphatic carbocycles. The topological polar surface area (TPSA) is 83.2 Å². The molecule has 0 atom stereocenters. The Hall–Kier alpha value is -2.93. The Morgan fingerprint density at radius 2 is 1.74 bits per heavy atom. The molecule has 3 aromatic rings. The average molecular weight is 326 g/mol.